The predicted octanol–water partition coefficient (Wildman–Crippen LogP) is 4.75. The van der Waals surface area contributed by atoms with Crippen LogP contribution in [0.4, 0.5) is 0 Å². The normalized spacial score (nSPS) is 11.6. The number of benzene rings is 2. The summed E-state index contributed by atoms with van der Waals surface area (Å²) >= 11 is 5.88. The van der Waals surface area contributed by atoms with E-state index in [2.05, 4.69) is 5.32 Å². The van der Waals surface area contributed by atoms with E-state index >= 15 is 0 Å². The van der Waals surface area contributed by atoms with Crippen LogP contribution in [0.15, 0.2) is 48.5 Å². The summed E-state index contributed by atoms with van der Waals surface area (Å²) in [7, 11) is 0. The molecule has 0 saturated heterocycles. The van der Waals surface area contributed by atoms with E-state index in [1.807, 2.05) is 45.0 Å². The third-order valence-electron chi connectivity index (χ3n) is 4.96. The summed E-state index contributed by atoms with van der Waals surface area (Å²) in [6.07, 6.45) is 1.44. The molecule has 0 radical (unpaired) electrons. The average Bonchev–Trinajstić information content (AvgIpc) is 2.73. The Morgan fingerprint density at radius 3 is 2.43 bits per heavy atom. The molecule has 0 aromatic heterocycles. The van der Waals surface area contributed by atoms with Crippen LogP contribution in [0, 0.1) is 6.92 Å². The first-order valence-corrected chi connectivity index (χ1v) is 10.8. The van der Waals surface area contributed by atoms with E-state index in [0.717, 1.165) is 16.9 Å². The Kier molecular flexibility index (Phi) is 9.68. The number of halogens is 1. The van der Waals surface area contributed by atoms with Crippen molar-refractivity contribution in [2.24, 2.45) is 0 Å². The largest absolute Gasteiger partial charge is 0.494 e. The fourth-order valence-corrected chi connectivity index (χ4v) is 3.40. The van der Waals surface area contributed by atoms with E-state index in [4.69, 9.17) is 16.3 Å². The first-order chi connectivity index (χ1) is 14.5. The molecule has 0 heterocycles. The van der Waals surface area contributed by atoms with Crippen LogP contribution in [0.1, 0.15) is 44.2 Å². The van der Waals surface area contributed by atoms with Gasteiger partial charge in [0.25, 0.3) is 0 Å². The lowest BCUT2D eigenvalue weighted by Crippen LogP contribution is -2.49. The van der Waals surface area contributed by atoms with Crippen LogP contribution in [-0.4, -0.2) is 35.9 Å². The number of likely N-dealkylation sites (N-methyl/N-ethyl adjacent to an activating group) is 1. The molecule has 0 saturated carbocycles. The summed E-state index contributed by atoms with van der Waals surface area (Å²) in [5.41, 5.74) is 2.15. The Bertz CT molecular complexity index is 823. The van der Waals surface area contributed by atoms with Crippen molar-refractivity contribution in [3.63, 3.8) is 0 Å². The molecule has 6 heteroatoms. The van der Waals surface area contributed by atoms with Gasteiger partial charge in [0.2, 0.25) is 11.8 Å². The lowest BCUT2D eigenvalue weighted by atomic mass is 10.1. The molecular formula is C24H31ClN2O3. The number of hydrogen-bond acceptors (Lipinski definition) is 3. The van der Waals surface area contributed by atoms with Gasteiger partial charge in [-0.05, 0) is 62.1 Å². The summed E-state index contributed by atoms with van der Waals surface area (Å²) in [6, 6.07) is 14.6. The lowest BCUT2D eigenvalue weighted by Gasteiger charge is -2.31. The molecule has 0 aliphatic heterocycles. The number of hydrogen-bond donors (Lipinski definition) is 1. The molecular weight excluding hydrogens is 400 g/mol. The number of nitrogens with one attached hydrogen (secondary N) is 1. The van der Waals surface area contributed by atoms with Crippen molar-refractivity contribution in [2.45, 2.75) is 52.6 Å². The van der Waals surface area contributed by atoms with E-state index in [-0.39, 0.29) is 11.8 Å². The number of ether oxygens (including phenoxy) is 1. The van der Waals surface area contributed by atoms with E-state index in [1.54, 1.807) is 29.2 Å². The summed E-state index contributed by atoms with van der Waals surface area (Å²) in [6.45, 7) is 7.21. The van der Waals surface area contributed by atoms with Gasteiger partial charge in [0.15, 0.2) is 0 Å². The maximum absolute atomic E-state index is 13.1. The Labute approximate surface area is 184 Å². The highest BCUT2D eigenvalue weighted by Crippen LogP contribution is 2.18. The molecule has 0 spiro atoms. The number of amides is 2. The molecule has 0 unspecified atom stereocenters. The van der Waals surface area contributed by atoms with Gasteiger partial charge in [-0.15, -0.1) is 0 Å². The quantitative estimate of drug-likeness (QED) is 0.523. The third kappa shape index (κ3) is 7.06. The number of carbonyl (C=O) groups excluding carboxylic acids is 2. The lowest BCUT2D eigenvalue weighted by molar-refractivity contribution is -0.141. The van der Waals surface area contributed by atoms with Gasteiger partial charge in [-0.2, -0.15) is 0 Å². The minimum Gasteiger partial charge on any atom is -0.494 e. The summed E-state index contributed by atoms with van der Waals surface area (Å²) in [5, 5.41) is 3.51. The van der Waals surface area contributed by atoms with Crippen LogP contribution >= 0.6 is 11.6 Å². The molecule has 1 atom stereocenters. The van der Waals surface area contributed by atoms with Crippen molar-refractivity contribution < 1.29 is 14.3 Å². The molecule has 2 amide bonds. The van der Waals surface area contributed by atoms with E-state index in [0.29, 0.717) is 44.0 Å². The third-order valence-corrected chi connectivity index (χ3v) is 5.21. The first kappa shape index (κ1) is 23.7. The standard InChI is InChI=1S/C24H31ClN2O3/c1-4-22(24(29)26-5-2)27(17-19-10-7-6-9-18(19)3)23(28)11-8-16-30-21-14-12-20(25)13-15-21/h6-7,9-10,12-15,22H,4-5,8,11,16-17H2,1-3H3,(H,26,29)/t22-/m1/s1. The van der Waals surface area contributed by atoms with E-state index in [9.17, 15) is 9.59 Å². The second kappa shape index (κ2) is 12.2. The maximum atomic E-state index is 13.1. The molecule has 30 heavy (non-hydrogen) atoms. The van der Waals surface area contributed by atoms with Crippen LogP contribution in [0.25, 0.3) is 0 Å². The molecule has 0 fully saturated rings. The number of rotatable bonds is 11. The molecule has 0 aliphatic rings. The minimum atomic E-state index is -0.491. The highest BCUT2D eigenvalue weighted by Gasteiger charge is 2.28. The first-order valence-electron chi connectivity index (χ1n) is 10.5. The van der Waals surface area contributed by atoms with Gasteiger partial charge in [0, 0.05) is 24.5 Å². The topological polar surface area (TPSA) is 58.6 Å². The fraction of sp³-hybridized carbons (Fsp3) is 0.417. The molecule has 5 nitrogen and oxygen atoms in total. The number of aryl methyl sites for hydroxylation is 1. The van der Waals surface area contributed by atoms with Crippen LogP contribution < -0.4 is 10.1 Å². The fourth-order valence-electron chi connectivity index (χ4n) is 3.27. The van der Waals surface area contributed by atoms with Gasteiger partial charge >= 0.3 is 0 Å². The molecule has 0 aliphatic carbocycles. The van der Waals surface area contributed by atoms with Crippen LogP contribution in [0.2, 0.25) is 5.02 Å². The monoisotopic (exact) mass is 430 g/mol. The van der Waals surface area contributed by atoms with Gasteiger partial charge in [-0.25, -0.2) is 0 Å². The number of nitrogens with zero attached hydrogens (tertiary/aromatic N) is 1. The van der Waals surface area contributed by atoms with Crippen molar-refractivity contribution in [3.8, 4) is 5.75 Å². The zero-order chi connectivity index (χ0) is 21.9. The van der Waals surface area contributed by atoms with Crippen molar-refractivity contribution in [1.82, 2.24) is 10.2 Å². The average molecular weight is 431 g/mol. The van der Waals surface area contributed by atoms with Gasteiger partial charge in [0.1, 0.15) is 11.8 Å². The molecule has 2 aromatic carbocycles. The Morgan fingerprint density at radius 2 is 1.80 bits per heavy atom. The summed E-state index contributed by atoms with van der Waals surface area (Å²) in [4.78, 5) is 27.4. The molecule has 2 aromatic rings. The van der Waals surface area contributed by atoms with Crippen molar-refractivity contribution in [3.05, 3.63) is 64.7 Å². The second-order valence-electron chi connectivity index (χ2n) is 7.17. The molecule has 2 rings (SSSR count). The van der Waals surface area contributed by atoms with Crippen molar-refractivity contribution in [2.75, 3.05) is 13.2 Å². The Hall–Kier alpha value is -2.53. The van der Waals surface area contributed by atoms with Crippen molar-refractivity contribution in [1.29, 1.82) is 0 Å². The van der Waals surface area contributed by atoms with Gasteiger partial charge in [0.05, 0.1) is 6.61 Å². The van der Waals surface area contributed by atoms with Gasteiger partial charge in [-0.1, -0.05) is 42.8 Å². The van der Waals surface area contributed by atoms with E-state index in [1.165, 1.54) is 0 Å². The Balaban J connectivity index is 2.04. The van der Waals surface area contributed by atoms with Crippen molar-refractivity contribution >= 4 is 23.4 Å². The SMILES string of the molecule is CCNC(=O)[C@@H](CC)N(Cc1ccccc1C)C(=O)CCCOc1ccc(Cl)cc1. The van der Waals surface area contributed by atoms with Crippen LogP contribution in [-0.2, 0) is 16.1 Å². The van der Waals surface area contributed by atoms with Crippen LogP contribution in [0.5, 0.6) is 5.75 Å². The molecule has 0 bridgehead atoms. The Morgan fingerprint density at radius 1 is 1.10 bits per heavy atom. The highest BCUT2D eigenvalue weighted by atomic mass is 35.5. The van der Waals surface area contributed by atoms with Gasteiger partial charge < -0.3 is 15.0 Å². The second-order valence-corrected chi connectivity index (χ2v) is 7.61. The zero-order valence-electron chi connectivity index (χ0n) is 18.0. The number of carbonyl (C=O) groups is 2. The van der Waals surface area contributed by atoms with E-state index < -0.39 is 6.04 Å². The maximum Gasteiger partial charge on any atom is 0.242 e. The zero-order valence-corrected chi connectivity index (χ0v) is 18.7. The summed E-state index contributed by atoms with van der Waals surface area (Å²) < 4.78 is 5.69. The minimum absolute atomic E-state index is 0.0453. The highest BCUT2D eigenvalue weighted by molar-refractivity contribution is 6.30. The molecule has 162 valence electrons. The summed E-state index contributed by atoms with van der Waals surface area (Å²) in [5.74, 6) is 0.563. The smallest absolute Gasteiger partial charge is 0.242 e. The van der Waals surface area contributed by atoms with Gasteiger partial charge in [-0.3, -0.25) is 9.59 Å². The van der Waals surface area contributed by atoms with Crippen LogP contribution in [0.3, 0.4) is 0 Å². The molecule has 1 N–H and O–H groups in total. The predicted molar refractivity (Wildman–Crippen MR) is 121 cm³/mol.